The van der Waals surface area contributed by atoms with E-state index in [9.17, 15) is 9.59 Å². The molecule has 2 aromatic carbocycles. The number of benzene rings is 2. The number of amides is 2. The predicted octanol–water partition coefficient (Wildman–Crippen LogP) is 3.34. The zero-order valence-corrected chi connectivity index (χ0v) is 16.4. The second-order valence-corrected chi connectivity index (χ2v) is 6.37. The summed E-state index contributed by atoms with van der Waals surface area (Å²) >= 11 is 0. The third-order valence-corrected chi connectivity index (χ3v) is 4.34. The first-order valence-corrected chi connectivity index (χ1v) is 9.44. The molecule has 152 valence electrons. The molecule has 0 unspecified atom stereocenters. The lowest BCUT2D eigenvalue weighted by Crippen LogP contribution is -2.45. The minimum absolute atomic E-state index is 0.0917. The van der Waals surface area contributed by atoms with Crippen molar-refractivity contribution in [2.75, 3.05) is 19.8 Å². The highest BCUT2D eigenvalue weighted by atomic mass is 16.6. The van der Waals surface area contributed by atoms with Gasteiger partial charge in [0.1, 0.15) is 24.7 Å². The summed E-state index contributed by atoms with van der Waals surface area (Å²) < 4.78 is 16.4. The standard InChI is InChI=1S/C22H24N2O5/c1-3-27-18-11-9-16(10-12-18)20-19(15(2)23-22(26)24-20)21(25)29-14-13-28-17-7-5-4-6-8-17/h4-12,20H,3,13-14H2,1-2H3,(H2,23,24,26)/t20-/m1/s1. The van der Waals surface area contributed by atoms with Crippen LogP contribution in [0.1, 0.15) is 25.5 Å². The molecule has 0 bridgehead atoms. The van der Waals surface area contributed by atoms with Crippen molar-refractivity contribution in [2.45, 2.75) is 19.9 Å². The molecule has 2 N–H and O–H groups in total. The molecule has 0 fully saturated rings. The van der Waals surface area contributed by atoms with Crippen LogP contribution in [0.2, 0.25) is 0 Å². The predicted molar refractivity (Wildman–Crippen MR) is 108 cm³/mol. The van der Waals surface area contributed by atoms with E-state index in [0.29, 0.717) is 23.6 Å². The Bertz CT molecular complexity index is 878. The van der Waals surface area contributed by atoms with E-state index in [1.807, 2.05) is 49.4 Å². The number of ether oxygens (including phenoxy) is 3. The van der Waals surface area contributed by atoms with E-state index in [-0.39, 0.29) is 19.2 Å². The molecule has 0 radical (unpaired) electrons. The van der Waals surface area contributed by atoms with E-state index in [0.717, 1.165) is 11.3 Å². The second-order valence-electron chi connectivity index (χ2n) is 6.37. The zero-order valence-electron chi connectivity index (χ0n) is 16.4. The van der Waals surface area contributed by atoms with Gasteiger partial charge in [-0.25, -0.2) is 9.59 Å². The van der Waals surface area contributed by atoms with Crippen LogP contribution in [-0.4, -0.2) is 31.8 Å². The lowest BCUT2D eigenvalue weighted by molar-refractivity contribution is -0.140. The number of hydrogen-bond donors (Lipinski definition) is 2. The Kier molecular flexibility index (Phi) is 6.73. The van der Waals surface area contributed by atoms with E-state index in [2.05, 4.69) is 10.6 Å². The van der Waals surface area contributed by atoms with Crippen LogP contribution < -0.4 is 20.1 Å². The van der Waals surface area contributed by atoms with Crippen molar-refractivity contribution in [2.24, 2.45) is 0 Å². The molecule has 0 saturated heterocycles. The van der Waals surface area contributed by atoms with Crippen LogP contribution in [0.3, 0.4) is 0 Å². The van der Waals surface area contributed by atoms with Crippen molar-refractivity contribution in [1.29, 1.82) is 0 Å². The molecule has 1 atom stereocenters. The highest BCUT2D eigenvalue weighted by molar-refractivity contribution is 5.95. The summed E-state index contributed by atoms with van der Waals surface area (Å²) in [6, 6.07) is 15.6. The third-order valence-electron chi connectivity index (χ3n) is 4.34. The summed E-state index contributed by atoms with van der Waals surface area (Å²) in [5.74, 6) is 0.919. The van der Waals surface area contributed by atoms with Gasteiger partial charge in [-0.1, -0.05) is 30.3 Å². The van der Waals surface area contributed by atoms with Gasteiger partial charge in [-0.05, 0) is 43.7 Å². The fourth-order valence-corrected chi connectivity index (χ4v) is 3.03. The summed E-state index contributed by atoms with van der Waals surface area (Å²) in [5, 5.41) is 5.41. The number of rotatable bonds is 8. The number of hydrogen-bond acceptors (Lipinski definition) is 5. The molecule has 0 aliphatic carbocycles. The molecule has 1 heterocycles. The summed E-state index contributed by atoms with van der Waals surface area (Å²) in [6.07, 6.45) is 0. The first kappa shape index (κ1) is 20.3. The summed E-state index contributed by atoms with van der Waals surface area (Å²) in [6.45, 7) is 4.47. The Balaban J connectivity index is 1.67. The molecular weight excluding hydrogens is 372 g/mol. The maximum Gasteiger partial charge on any atom is 0.338 e. The van der Waals surface area contributed by atoms with Crippen LogP contribution in [-0.2, 0) is 9.53 Å². The van der Waals surface area contributed by atoms with Gasteiger partial charge in [0.2, 0.25) is 0 Å². The van der Waals surface area contributed by atoms with Gasteiger partial charge in [-0.2, -0.15) is 0 Å². The fourth-order valence-electron chi connectivity index (χ4n) is 3.03. The van der Waals surface area contributed by atoms with Crippen molar-refractivity contribution in [3.8, 4) is 11.5 Å². The quantitative estimate of drug-likeness (QED) is 0.528. The Morgan fingerprint density at radius 1 is 0.966 bits per heavy atom. The monoisotopic (exact) mass is 396 g/mol. The minimum Gasteiger partial charge on any atom is -0.494 e. The lowest BCUT2D eigenvalue weighted by Gasteiger charge is -2.28. The topological polar surface area (TPSA) is 85.9 Å². The van der Waals surface area contributed by atoms with Crippen molar-refractivity contribution in [1.82, 2.24) is 10.6 Å². The zero-order chi connectivity index (χ0) is 20.6. The Hall–Kier alpha value is -3.48. The number of esters is 1. The summed E-state index contributed by atoms with van der Waals surface area (Å²) in [5.41, 5.74) is 1.57. The van der Waals surface area contributed by atoms with Crippen LogP contribution in [0.4, 0.5) is 4.79 Å². The van der Waals surface area contributed by atoms with Crippen LogP contribution >= 0.6 is 0 Å². The molecule has 0 saturated carbocycles. The van der Waals surface area contributed by atoms with Crippen molar-refractivity contribution >= 4 is 12.0 Å². The largest absolute Gasteiger partial charge is 0.494 e. The SMILES string of the molecule is CCOc1ccc([C@H]2NC(=O)NC(C)=C2C(=O)OCCOc2ccccc2)cc1. The van der Waals surface area contributed by atoms with Gasteiger partial charge in [-0.3, -0.25) is 0 Å². The van der Waals surface area contributed by atoms with Crippen molar-refractivity contribution in [3.05, 3.63) is 71.4 Å². The third kappa shape index (κ3) is 5.28. The normalized spacial score (nSPS) is 15.9. The van der Waals surface area contributed by atoms with Gasteiger partial charge in [0.25, 0.3) is 0 Å². The maximum atomic E-state index is 12.7. The van der Waals surface area contributed by atoms with Crippen LogP contribution in [0.15, 0.2) is 65.9 Å². The molecule has 7 nitrogen and oxygen atoms in total. The Morgan fingerprint density at radius 3 is 2.34 bits per heavy atom. The molecular formula is C22H24N2O5. The molecule has 7 heteroatoms. The van der Waals surface area contributed by atoms with E-state index >= 15 is 0 Å². The molecule has 2 aromatic rings. The van der Waals surface area contributed by atoms with Crippen molar-refractivity contribution < 1.29 is 23.8 Å². The molecule has 0 spiro atoms. The molecule has 1 aliphatic rings. The smallest absolute Gasteiger partial charge is 0.338 e. The molecule has 3 rings (SSSR count). The average molecular weight is 396 g/mol. The van der Waals surface area contributed by atoms with Crippen LogP contribution in [0, 0.1) is 0 Å². The van der Waals surface area contributed by atoms with Crippen LogP contribution in [0.5, 0.6) is 11.5 Å². The van der Waals surface area contributed by atoms with Gasteiger partial charge in [0.05, 0.1) is 18.2 Å². The number of carbonyl (C=O) groups excluding carboxylic acids is 2. The Labute approximate surface area is 169 Å². The van der Waals surface area contributed by atoms with Crippen LogP contribution in [0.25, 0.3) is 0 Å². The van der Waals surface area contributed by atoms with E-state index < -0.39 is 12.0 Å². The highest BCUT2D eigenvalue weighted by Gasteiger charge is 2.32. The van der Waals surface area contributed by atoms with Gasteiger partial charge in [0.15, 0.2) is 0 Å². The molecule has 29 heavy (non-hydrogen) atoms. The number of allylic oxidation sites excluding steroid dienone is 1. The van der Waals surface area contributed by atoms with E-state index in [1.54, 1.807) is 19.1 Å². The molecule has 0 aromatic heterocycles. The average Bonchev–Trinajstić information content (AvgIpc) is 2.72. The molecule has 1 aliphatic heterocycles. The fraction of sp³-hybridized carbons (Fsp3) is 0.273. The number of para-hydroxylation sites is 1. The Morgan fingerprint density at radius 2 is 1.66 bits per heavy atom. The second kappa shape index (κ2) is 9.64. The molecule has 2 amide bonds. The number of nitrogens with one attached hydrogen (secondary N) is 2. The first-order chi connectivity index (χ1) is 14.1. The van der Waals surface area contributed by atoms with E-state index in [1.165, 1.54) is 0 Å². The number of carbonyl (C=O) groups is 2. The van der Waals surface area contributed by atoms with Gasteiger partial charge < -0.3 is 24.8 Å². The van der Waals surface area contributed by atoms with Gasteiger partial charge in [-0.15, -0.1) is 0 Å². The van der Waals surface area contributed by atoms with Gasteiger partial charge >= 0.3 is 12.0 Å². The first-order valence-electron chi connectivity index (χ1n) is 9.44. The summed E-state index contributed by atoms with van der Waals surface area (Å²) in [4.78, 5) is 24.7. The summed E-state index contributed by atoms with van der Waals surface area (Å²) in [7, 11) is 0. The van der Waals surface area contributed by atoms with Crippen molar-refractivity contribution in [3.63, 3.8) is 0 Å². The minimum atomic E-state index is -0.609. The number of urea groups is 1. The van der Waals surface area contributed by atoms with E-state index in [4.69, 9.17) is 14.2 Å². The van der Waals surface area contributed by atoms with Gasteiger partial charge in [0, 0.05) is 5.70 Å². The maximum absolute atomic E-state index is 12.7. The highest BCUT2D eigenvalue weighted by Crippen LogP contribution is 2.28. The lowest BCUT2D eigenvalue weighted by atomic mass is 9.95.